The molecule has 0 fully saturated rings. The monoisotopic (exact) mass is 526 g/mol. The highest BCUT2D eigenvalue weighted by atomic mass is 19.1. The van der Waals surface area contributed by atoms with Gasteiger partial charge < -0.3 is 20.7 Å². The lowest BCUT2D eigenvalue weighted by Gasteiger charge is -2.12. The predicted octanol–water partition coefficient (Wildman–Crippen LogP) is 6.29. The van der Waals surface area contributed by atoms with Crippen LogP contribution in [0.3, 0.4) is 0 Å². The number of hydrogen-bond donors (Lipinski definition) is 3. The molecule has 4 aromatic rings. The van der Waals surface area contributed by atoms with Crippen LogP contribution in [-0.2, 0) is 11.2 Å². The van der Waals surface area contributed by atoms with E-state index < -0.39 is 4.92 Å². The lowest BCUT2D eigenvalue weighted by molar-refractivity contribution is -0.385. The number of methoxy groups -OCH3 is 1. The van der Waals surface area contributed by atoms with Crippen molar-refractivity contribution in [2.45, 2.75) is 12.8 Å². The van der Waals surface area contributed by atoms with E-state index in [4.69, 9.17) is 4.74 Å². The molecule has 9 nitrogen and oxygen atoms in total. The number of amides is 2. The molecule has 1 aliphatic heterocycles. The molecule has 2 amide bonds. The summed E-state index contributed by atoms with van der Waals surface area (Å²) in [6.07, 6.45) is 0.648. The van der Waals surface area contributed by atoms with Crippen molar-refractivity contribution in [1.82, 2.24) is 0 Å². The number of ether oxygens (including phenoxy) is 1. The van der Waals surface area contributed by atoms with Crippen LogP contribution in [-0.4, -0.2) is 23.8 Å². The summed E-state index contributed by atoms with van der Waals surface area (Å²) in [6, 6.07) is 20.9. The Hall–Kier alpha value is -5.25. The summed E-state index contributed by atoms with van der Waals surface area (Å²) in [5.74, 6) is -0.738. The number of hydrogen-bond acceptors (Lipinski definition) is 6. The smallest absolute Gasteiger partial charge is 0.310 e. The van der Waals surface area contributed by atoms with E-state index in [-0.39, 0.29) is 35.5 Å². The predicted molar refractivity (Wildman–Crippen MR) is 146 cm³/mol. The van der Waals surface area contributed by atoms with Crippen LogP contribution in [0.4, 0.5) is 32.8 Å². The van der Waals surface area contributed by atoms with Gasteiger partial charge >= 0.3 is 5.69 Å². The maximum absolute atomic E-state index is 13.1. The van der Waals surface area contributed by atoms with Crippen LogP contribution in [0.5, 0.6) is 5.75 Å². The van der Waals surface area contributed by atoms with E-state index in [9.17, 15) is 24.1 Å². The zero-order valence-electron chi connectivity index (χ0n) is 20.8. The quantitative estimate of drug-likeness (QED) is 0.192. The van der Waals surface area contributed by atoms with Gasteiger partial charge in [0.2, 0.25) is 5.91 Å². The van der Waals surface area contributed by atoms with Gasteiger partial charge in [-0.15, -0.1) is 0 Å². The van der Waals surface area contributed by atoms with Crippen LogP contribution >= 0.6 is 0 Å². The molecule has 0 unspecified atom stereocenters. The first-order chi connectivity index (χ1) is 18.8. The highest BCUT2D eigenvalue weighted by Crippen LogP contribution is 2.37. The fourth-order valence-corrected chi connectivity index (χ4v) is 4.34. The highest BCUT2D eigenvalue weighted by molar-refractivity contribution is 6.12. The number of rotatable bonds is 7. The first kappa shape index (κ1) is 25.4. The lowest BCUT2D eigenvalue weighted by atomic mass is 10.0. The van der Waals surface area contributed by atoms with Gasteiger partial charge in [-0.25, -0.2) is 4.39 Å². The molecule has 0 spiro atoms. The standard InChI is InChI=1S/C29H23FN4O5/c1-39-27-16-19(5-12-26(27)34(37)38)18-4-10-22-24(15-18)32-23-11-2-17(14-25(23)33-29(22)36)3-13-28(35)31-21-8-6-20(30)7-9-21/h2,4-12,14-16,32H,3,13H2,1H3,(H,31,35)(H,33,36). The first-order valence-electron chi connectivity index (χ1n) is 12.0. The van der Waals surface area contributed by atoms with Crippen LogP contribution < -0.4 is 20.7 Å². The Balaban J connectivity index is 1.33. The van der Waals surface area contributed by atoms with Gasteiger partial charge in [0, 0.05) is 18.2 Å². The zero-order chi connectivity index (χ0) is 27.5. The third-order valence-electron chi connectivity index (χ3n) is 6.34. The topological polar surface area (TPSA) is 123 Å². The lowest BCUT2D eigenvalue weighted by Crippen LogP contribution is -2.13. The minimum atomic E-state index is -0.505. The minimum absolute atomic E-state index is 0.133. The minimum Gasteiger partial charge on any atom is -0.490 e. The second-order valence-electron chi connectivity index (χ2n) is 8.92. The normalized spacial score (nSPS) is 11.8. The molecule has 1 aliphatic rings. The third kappa shape index (κ3) is 5.54. The van der Waals surface area contributed by atoms with Gasteiger partial charge in [0.1, 0.15) is 5.82 Å². The molecule has 4 aromatic carbocycles. The van der Waals surface area contributed by atoms with Crippen LogP contribution in [0.1, 0.15) is 22.3 Å². The Morgan fingerprint density at radius 2 is 1.67 bits per heavy atom. The average molecular weight is 527 g/mol. The number of anilines is 4. The van der Waals surface area contributed by atoms with Gasteiger partial charge in [-0.05, 0) is 83.8 Å². The fraction of sp³-hybridized carbons (Fsp3) is 0.103. The number of benzene rings is 4. The number of carbonyl (C=O) groups is 2. The number of fused-ring (bicyclic) bond motifs is 2. The van der Waals surface area contributed by atoms with Crippen molar-refractivity contribution in [3.05, 3.63) is 106 Å². The Morgan fingerprint density at radius 3 is 2.41 bits per heavy atom. The molecule has 0 saturated heterocycles. The molecule has 5 rings (SSSR count). The number of nitro benzene ring substituents is 1. The Morgan fingerprint density at radius 1 is 0.923 bits per heavy atom. The molecule has 10 heteroatoms. The molecule has 0 saturated carbocycles. The Bertz CT molecular complexity index is 1600. The van der Waals surface area contributed by atoms with Crippen molar-refractivity contribution in [3.63, 3.8) is 0 Å². The summed E-state index contributed by atoms with van der Waals surface area (Å²) in [7, 11) is 1.37. The number of carbonyl (C=O) groups excluding carboxylic acids is 2. The summed E-state index contributed by atoms with van der Waals surface area (Å²) in [6.45, 7) is 0. The molecule has 0 aromatic heterocycles. The molecule has 0 aliphatic carbocycles. The SMILES string of the molecule is COc1cc(-c2ccc3c(c2)Nc2ccc(CCC(=O)Nc4ccc(F)cc4)cc2NC3=O)ccc1[N+](=O)[O-]. The van der Waals surface area contributed by atoms with Gasteiger partial charge in [0.15, 0.2) is 5.75 Å². The van der Waals surface area contributed by atoms with Crippen molar-refractivity contribution in [2.75, 3.05) is 23.1 Å². The maximum Gasteiger partial charge on any atom is 0.310 e. The molecular formula is C29H23FN4O5. The molecule has 39 heavy (non-hydrogen) atoms. The van der Waals surface area contributed by atoms with Crippen LogP contribution in [0, 0.1) is 15.9 Å². The first-order valence-corrected chi connectivity index (χ1v) is 12.0. The van der Waals surface area contributed by atoms with Crippen molar-refractivity contribution >= 4 is 40.3 Å². The summed E-state index contributed by atoms with van der Waals surface area (Å²) in [5.41, 5.74) is 4.95. The average Bonchev–Trinajstić information content (AvgIpc) is 3.07. The van der Waals surface area contributed by atoms with Gasteiger partial charge in [-0.1, -0.05) is 12.1 Å². The summed E-state index contributed by atoms with van der Waals surface area (Å²) >= 11 is 0. The van der Waals surface area contributed by atoms with Crippen molar-refractivity contribution in [2.24, 2.45) is 0 Å². The van der Waals surface area contributed by atoms with E-state index in [0.29, 0.717) is 40.3 Å². The number of halogens is 1. The molecular weight excluding hydrogens is 503 g/mol. The van der Waals surface area contributed by atoms with Gasteiger partial charge in [-0.2, -0.15) is 0 Å². The zero-order valence-corrected chi connectivity index (χ0v) is 20.8. The van der Waals surface area contributed by atoms with Crippen LogP contribution in [0.2, 0.25) is 0 Å². The van der Waals surface area contributed by atoms with Crippen LogP contribution in [0.25, 0.3) is 11.1 Å². The molecule has 0 radical (unpaired) electrons. The molecule has 0 atom stereocenters. The van der Waals surface area contributed by atoms with E-state index in [1.165, 1.54) is 37.4 Å². The Labute approximate surface area is 222 Å². The van der Waals surface area contributed by atoms with Crippen LogP contribution in [0.15, 0.2) is 78.9 Å². The molecule has 196 valence electrons. The van der Waals surface area contributed by atoms with Crippen molar-refractivity contribution < 1.29 is 23.6 Å². The Kier molecular flexibility index (Phi) is 6.92. The molecule has 1 heterocycles. The van der Waals surface area contributed by atoms with Crippen molar-refractivity contribution in [1.29, 1.82) is 0 Å². The fourth-order valence-electron chi connectivity index (χ4n) is 4.34. The largest absolute Gasteiger partial charge is 0.490 e. The van der Waals surface area contributed by atoms with E-state index in [1.807, 2.05) is 18.2 Å². The third-order valence-corrected chi connectivity index (χ3v) is 6.34. The summed E-state index contributed by atoms with van der Waals surface area (Å²) in [4.78, 5) is 36.1. The number of nitrogens with one attached hydrogen (secondary N) is 3. The van der Waals surface area contributed by atoms with Crippen molar-refractivity contribution in [3.8, 4) is 16.9 Å². The molecule has 3 N–H and O–H groups in total. The number of nitrogens with zero attached hydrogens (tertiary/aromatic N) is 1. The molecule has 0 bridgehead atoms. The highest BCUT2D eigenvalue weighted by Gasteiger charge is 2.21. The van der Waals surface area contributed by atoms with Gasteiger partial charge in [0.25, 0.3) is 5.91 Å². The second-order valence-corrected chi connectivity index (χ2v) is 8.92. The van der Waals surface area contributed by atoms with Gasteiger partial charge in [0.05, 0.1) is 34.7 Å². The van der Waals surface area contributed by atoms with Gasteiger partial charge in [-0.3, -0.25) is 19.7 Å². The number of nitro groups is 1. The number of aryl methyl sites for hydroxylation is 1. The second kappa shape index (κ2) is 10.6. The summed E-state index contributed by atoms with van der Waals surface area (Å²) < 4.78 is 18.2. The van der Waals surface area contributed by atoms with E-state index in [2.05, 4.69) is 16.0 Å². The van der Waals surface area contributed by atoms with E-state index in [0.717, 1.165) is 11.1 Å². The maximum atomic E-state index is 13.1. The van der Waals surface area contributed by atoms with E-state index >= 15 is 0 Å². The summed E-state index contributed by atoms with van der Waals surface area (Å²) in [5, 5.41) is 20.2. The van der Waals surface area contributed by atoms with E-state index in [1.54, 1.807) is 30.3 Å².